The quantitative estimate of drug-likeness (QED) is 0.602. The monoisotopic (exact) mass is 348 g/mol. The number of imide groups is 1. The second kappa shape index (κ2) is 7.53. The average molecular weight is 348 g/mol. The van der Waals surface area contributed by atoms with Crippen molar-refractivity contribution in [2.75, 3.05) is 25.6 Å². The third kappa shape index (κ3) is 3.79. The predicted molar refractivity (Wildman–Crippen MR) is 94.7 cm³/mol. The summed E-state index contributed by atoms with van der Waals surface area (Å²) in [4.78, 5) is 39.5. The molecule has 1 fully saturated rings. The third-order valence-electron chi connectivity index (χ3n) is 3.55. The van der Waals surface area contributed by atoms with Gasteiger partial charge in [-0.2, -0.15) is 0 Å². The van der Waals surface area contributed by atoms with Gasteiger partial charge in [-0.15, -0.1) is 0 Å². The van der Waals surface area contributed by atoms with Crippen LogP contribution in [0.3, 0.4) is 0 Å². The Morgan fingerprint density at radius 1 is 1.29 bits per heavy atom. The molecule has 0 spiro atoms. The Balaban J connectivity index is 2.19. The SMILES string of the molecule is CCOC(=O)C(C)N1C(=O)S/C(=C/c2ccc(N(C)C)cc2)C1=O. The summed E-state index contributed by atoms with van der Waals surface area (Å²) in [6.45, 7) is 3.37. The molecule has 7 heteroatoms. The van der Waals surface area contributed by atoms with Gasteiger partial charge in [0.2, 0.25) is 0 Å². The normalized spacial score (nSPS) is 17.3. The molecule has 1 aromatic carbocycles. The van der Waals surface area contributed by atoms with Crippen LogP contribution in [-0.4, -0.2) is 48.8 Å². The van der Waals surface area contributed by atoms with E-state index in [9.17, 15) is 14.4 Å². The summed E-state index contributed by atoms with van der Waals surface area (Å²) >= 11 is 0.831. The molecule has 1 saturated heterocycles. The van der Waals surface area contributed by atoms with Crippen LogP contribution in [0.2, 0.25) is 0 Å². The highest BCUT2D eigenvalue weighted by molar-refractivity contribution is 8.18. The first-order valence-corrected chi connectivity index (χ1v) is 8.38. The molecule has 0 bridgehead atoms. The van der Waals surface area contributed by atoms with Gasteiger partial charge in [0.1, 0.15) is 6.04 Å². The molecule has 1 aliphatic heterocycles. The van der Waals surface area contributed by atoms with Crippen LogP contribution >= 0.6 is 11.8 Å². The van der Waals surface area contributed by atoms with Crippen LogP contribution in [0.25, 0.3) is 6.08 Å². The summed E-state index contributed by atoms with van der Waals surface area (Å²) in [5.41, 5.74) is 1.85. The van der Waals surface area contributed by atoms with Gasteiger partial charge in [-0.05, 0) is 49.4 Å². The average Bonchev–Trinajstić information content (AvgIpc) is 2.81. The van der Waals surface area contributed by atoms with Crippen molar-refractivity contribution in [2.24, 2.45) is 0 Å². The summed E-state index contributed by atoms with van der Waals surface area (Å²) in [6.07, 6.45) is 1.65. The van der Waals surface area contributed by atoms with Crippen molar-refractivity contribution in [3.05, 3.63) is 34.7 Å². The van der Waals surface area contributed by atoms with Crippen molar-refractivity contribution in [2.45, 2.75) is 19.9 Å². The second-order valence-electron chi connectivity index (χ2n) is 5.47. The molecule has 0 saturated carbocycles. The van der Waals surface area contributed by atoms with Crippen LogP contribution in [0.5, 0.6) is 0 Å². The standard InChI is InChI=1S/C17H20N2O4S/c1-5-23-16(21)11(2)19-15(20)14(24-17(19)22)10-12-6-8-13(9-7-12)18(3)4/h6-11H,5H2,1-4H3/b14-10+. The minimum atomic E-state index is -0.931. The molecule has 24 heavy (non-hydrogen) atoms. The van der Waals surface area contributed by atoms with Gasteiger partial charge in [0, 0.05) is 19.8 Å². The Bertz CT molecular complexity index is 682. The minimum Gasteiger partial charge on any atom is -0.464 e. The topological polar surface area (TPSA) is 66.9 Å². The Hall–Kier alpha value is -2.28. The van der Waals surface area contributed by atoms with Crippen LogP contribution in [0, 0.1) is 0 Å². The maximum absolute atomic E-state index is 12.4. The summed E-state index contributed by atoms with van der Waals surface area (Å²) < 4.78 is 4.88. The van der Waals surface area contributed by atoms with Crippen molar-refractivity contribution in [3.8, 4) is 0 Å². The number of amides is 2. The molecule has 0 N–H and O–H groups in total. The van der Waals surface area contributed by atoms with Crippen molar-refractivity contribution >= 4 is 40.6 Å². The van der Waals surface area contributed by atoms with E-state index < -0.39 is 23.2 Å². The molecule has 1 heterocycles. The van der Waals surface area contributed by atoms with Crippen LogP contribution in [0.15, 0.2) is 29.2 Å². The number of carbonyl (C=O) groups excluding carboxylic acids is 3. The number of hydrogen-bond acceptors (Lipinski definition) is 6. The van der Waals surface area contributed by atoms with Gasteiger partial charge >= 0.3 is 5.97 Å². The molecular formula is C17H20N2O4S. The fourth-order valence-corrected chi connectivity index (χ4v) is 3.11. The highest BCUT2D eigenvalue weighted by atomic mass is 32.2. The zero-order valence-corrected chi connectivity index (χ0v) is 14.9. The lowest BCUT2D eigenvalue weighted by Gasteiger charge is -2.19. The number of rotatable bonds is 5. The van der Waals surface area contributed by atoms with E-state index in [-0.39, 0.29) is 6.61 Å². The molecule has 0 radical (unpaired) electrons. The lowest BCUT2D eigenvalue weighted by Crippen LogP contribution is -2.42. The van der Waals surface area contributed by atoms with Gasteiger partial charge in [0.15, 0.2) is 0 Å². The molecule has 2 rings (SSSR count). The van der Waals surface area contributed by atoms with E-state index in [2.05, 4.69) is 0 Å². The number of thioether (sulfide) groups is 1. The summed E-state index contributed by atoms with van der Waals surface area (Å²) in [5.74, 6) is -1.06. The van der Waals surface area contributed by atoms with E-state index >= 15 is 0 Å². The number of carbonyl (C=O) groups is 3. The zero-order valence-electron chi connectivity index (χ0n) is 14.1. The second-order valence-corrected chi connectivity index (χ2v) is 6.46. The minimum absolute atomic E-state index is 0.202. The maximum Gasteiger partial charge on any atom is 0.329 e. The fourth-order valence-electron chi connectivity index (χ4n) is 2.20. The first kappa shape index (κ1) is 18.1. The Kier molecular flexibility index (Phi) is 5.66. The molecule has 1 atom stereocenters. The Labute approximate surface area is 145 Å². The van der Waals surface area contributed by atoms with Gasteiger partial charge in [-0.1, -0.05) is 12.1 Å². The Morgan fingerprint density at radius 3 is 2.46 bits per heavy atom. The first-order valence-electron chi connectivity index (χ1n) is 7.56. The van der Waals surface area contributed by atoms with Gasteiger partial charge in [0.25, 0.3) is 11.1 Å². The molecule has 2 amide bonds. The third-order valence-corrected chi connectivity index (χ3v) is 4.43. The van der Waals surface area contributed by atoms with Gasteiger partial charge in [-0.25, -0.2) is 4.79 Å². The van der Waals surface area contributed by atoms with Crippen molar-refractivity contribution < 1.29 is 19.1 Å². The number of hydrogen-bond donors (Lipinski definition) is 0. The maximum atomic E-state index is 12.4. The van der Waals surface area contributed by atoms with Gasteiger partial charge < -0.3 is 9.64 Å². The van der Waals surface area contributed by atoms with E-state index in [0.29, 0.717) is 4.91 Å². The van der Waals surface area contributed by atoms with E-state index in [0.717, 1.165) is 27.9 Å². The lowest BCUT2D eigenvalue weighted by molar-refractivity contribution is -0.150. The molecule has 1 aromatic rings. The van der Waals surface area contributed by atoms with E-state index in [4.69, 9.17) is 4.74 Å². The van der Waals surface area contributed by atoms with Crippen molar-refractivity contribution in [1.82, 2.24) is 4.90 Å². The number of nitrogens with zero attached hydrogens (tertiary/aromatic N) is 2. The number of benzene rings is 1. The summed E-state index contributed by atoms with van der Waals surface area (Å²) in [6, 6.07) is 6.67. The number of ether oxygens (including phenoxy) is 1. The number of anilines is 1. The predicted octanol–water partition coefficient (Wildman–Crippen LogP) is 2.74. The van der Waals surface area contributed by atoms with Crippen LogP contribution in [-0.2, 0) is 14.3 Å². The molecule has 1 aliphatic rings. The van der Waals surface area contributed by atoms with E-state index in [1.807, 2.05) is 43.3 Å². The molecule has 128 valence electrons. The van der Waals surface area contributed by atoms with Crippen LogP contribution in [0.1, 0.15) is 19.4 Å². The van der Waals surface area contributed by atoms with Crippen LogP contribution < -0.4 is 4.90 Å². The number of esters is 1. The first-order chi connectivity index (χ1) is 11.3. The highest BCUT2D eigenvalue weighted by Gasteiger charge is 2.41. The van der Waals surface area contributed by atoms with E-state index in [1.54, 1.807) is 13.0 Å². The van der Waals surface area contributed by atoms with Crippen molar-refractivity contribution in [1.29, 1.82) is 0 Å². The molecule has 0 aliphatic carbocycles. The van der Waals surface area contributed by atoms with Gasteiger partial charge in [0.05, 0.1) is 11.5 Å². The van der Waals surface area contributed by atoms with Gasteiger partial charge in [-0.3, -0.25) is 14.5 Å². The zero-order chi connectivity index (χ0) is 17.9. The van der Waals surface area contributed by atoms with Crippen molar-refractivity contribution in [3.63, 3.8) is 0 Å². The molecule has 6 nitrogen and oxygen atoms in total. The smallest absolute Gasteiger partial charge is 0.329 e. The summed E-state index contributed by atoms with van der Waals surface area (Å²) in [5, 5.41) is -0.461. The molecule has 1 unspecified atom stereocenters. The highest BCUT2D eigenvalue weighted by Crippen LogP contribution is 2.34. The Morgan fingerprint density at radius 2 is 1.92 bits per heavy atom. The van der Waals surface area contributed by atoms with E-state index in [1.165, 1.54) is 6.92 Å². The lowest BCUT2D eigenvalue weighted by atomic mass is 10.2. The molecule has 0 aromatic heterocycles. The summed E-state index contributed by atoms with van der Waals surface area (Å²) in [7, 11) is 3.88. The van der Waals surface area contributed by atoms with Crippen LogP contribution in [0.4, 0.5) is 10.5 Å². The molecular weight excluding hydrogens is 328 g/mol. The fraction of sp³-hybridized carbons (Fsp3) is 0.353. The largest absolute Gasteiger partial charge is 0.464 e.